The highest BCUT2D eigenvalue weighted by molar-refractivity contribution is 5.72. The molecule has 2 aliphatic heterocycles. The Labute approximate surface area is 111 Å². The van der Waals surface area contributed by atoms with Gasteiger partial charge in [-0.05, 0) is 12.8 Å². The lowest BCUT2D eigenvalue weighted by Gasteiger charge is -2.47. The molecule has 6 nitrogen and oxygen atoms in total. The van der Waals surface area contributed by atoms with Gasteiger partial charge in [-0.25, -0.2) is 0 Å². The first-order valence-corrected chi connectivity index (χ1v) is 6.57. The molecular formula is C13H18O6. The van der Waals surface area contributed by atoms with Crippen molar-refractivity contribution in [1.29, 1.82) is 0 Å². The third kappa shape index (κ3) is 1.81. The van der Waals surface area contributed by atoms with Crippen LogP contribution in [0.5, 0.6) is 0 Å². The molecular weight excluding hydrogens is 252 g/mol. The Morgan fingerprint density at radius 3 is 2.89 bits per heavy atom. The van der Waals surface area contributed by atoms with Crippen LogP contribution in [0.1, 0.15) is 26.2 Å². The number of carbonyl (C=O) groups is 2. The fourth-order valence-corrected chi connectivity index (χ4v) is 3.56. The minimum absolute atomic E-state index is 0.129. The molecule has 2 heterocycles. The Kier molecular flexibility index (Phi) is 2.92. The summed E-state index contributed by atoms with van der Waals surface area (Å²) in [5, 5.41) is 0. The van der Waals surface area contributed by atoms with Crippen LogP contribution < -0.4 is 0 Å². The molecule has 1 aliphatic carbocycles. The van der Waals surface area contributed by atoms with Crippen LogP contribution in [-0.4, -0.2) is 43.7 Å². The SMILES string of the molecule is COC1(C)OC2CCC(C=O)C3CC(=O)OCC23O1. The smallest absolute Gasteiger partial charge is 0.306 e. The van der Waals surface area contributed by atoms with Crippen LogP contribution in [0.3, 0.4) is 0 Å². The monoisotopic (exact) mass is 270 g/mol. The molecule has 19 heavy (non-hydrogen) atoms. The highest BCUT2D eigenvalue weighted by Gasteiger charge is 2.65. The van der Waals surface area contributed by atoms with Crippen molar-refractivity contribution in [3.05, 3.63) is 0 Å². The van der Waals surface area contributed by atoms with Crippen LogP contribution >= 0.6 is 0 Å². The van der Waals surface area contributed by atoms with Crippen LogP contribution in [0.2, 0.25) is 0 Å². The summed E-state index contributed by atoms with van der Waals surface area (Å²) in [4.78, 5) is 22.8. The van der Waals surface area contributed by atoms with E-state index in [0.717, 1.165) is 6.29 Å². The van der Waals surface area contributed by atoms with Gasteiger partial charge in [-0.1, -0.05) is 0 Å². The van der Waals surface area contributed by atoms with Crippen molar-refractivity contribution in [3.8, 4) is 0 Å². The molecule has 5 unspecified atom stereocenters. The highest BCUT2D eigenvalue weighted by Crippen LogP contribution is 2.52. The number of ether oxygens (including phenoxy) is 4. The molecule has 0 aromatic carbocycles. The molecule has 0 aromatic rings. The maximum atomic E-state index is 11.5. The summed E-state index contributed by atoms with van der Waals surface area (Å²) < 4.78 is 22.3. The van der Waals surface area contributed by atoms with Crippen molar-refractivity contribution in [2.75, 3.05) is 13.7 Å². The van der Waals surface area contributed by atoms with E-state index < -0.39 is 11.6 Å². The third-order valence-electron chi connectivity index (χ3n) is 4.57. The van der Waals surface area contributed by atoms with Gasteiger partial charge in [0.2, 0.25) is 0 Å². The molecule has 0 bridgehead atoms. The zero-order chi connectivity index (χ0) is 13.7. The van der Waals surface area contributed by atoms with Crippen molar-refractivity contribution in [3.63, 3.8) is 0 Å². The summed E-state index contributed by atoms with van der Waals surface area (Å²) in [6.45, 7) is 1.83. The Morgan fingerprint density at radius 2 is 2.21 bits per heavy atom. The van der Waals surface area contributed by atoms with Crippen molar-refractivity contribution >= 4 is 12.3 Å². The van der Waals surface area contributed by atoms with Crippen LogP contribution in [-0.2, 0) is 28.5 Å². The lowest BCUT2D eigenvalue weighted by molar-refractivity contribution is -0.334. The van der Waals surface area contributed by atoms with Gasteiger partial charge in [-0.2, -0.15) is 0 Å². The summed E-state index contributed by atoms with van der Waals surface area (Å²) in [6, 6.07) is 0. The number of methoxy groups -OCH3 is 1. The van der Waals surface area contributed by atoms with E-state index in [1.54, 1.807) is 6.92 Å². The van der Waals surface area contributed by atoms with Gasteiger partial charge in [0.05, 0.1) is 12.5 Å². The number of rotatable bonds is 2. The van der Waals surface area contributed by atoms with Crippen molar-refractivity contribution in [2.24, 2.45) is 11.8 Å². The molecule has 1 spiro atoms. The number of hydrogen-bond acceptors (Lipinski definition) is 6. The van der Waals surface area contributed by atoms with Gasteiger partial charge in [-0.15, -0.1) is 0 Å². The Hall–Kier alpha value is -0.980. The summed E-state index contributed by atoms with van der Waals surface area (Å²) in [5.41, 5.74) is -0.748. The van der Waals surface area contributed by atoms with Gasteiger partial charge in [0.25, 0.3) is 5.97 Å². The minimum Gasteiger partial charge on any atom is -0.462 e. The molecule has 0 amide bonds. The van der Waals surface area contributed by atoms with E-state index in [1.165, 1.54) is 7.11 Å². The maximum Gasteiger partial charge on any atom is 0.306 e. The molecule has 3 fully saturated rings. The van der Waals surface area contributed by atoms with E-state index in [2.05, 4.69) is 0 Å². The molecule has 0 N–H and O–H groups in total. The number of carbonyl (C=O) groups excluding carboxylic acids is 2. The number of aldehydes is 1. The Bertz CT molecular complexity index is 410. The normalized spacial score (nSPS) is 49.2. The molecule has 3 rings (SSSR count). The zero-order valence-electron chi connectivity index (χ0n) is 11.1. The molecule has 3 aliphatic rings. The summed E-state index contributed by atoms with van der Waals surface area (Å²) >= 11 is 0. The molecule has 0 radical (unpaired) electrons. The molecule has 106 valence electrons. The van der Waals surface area contributed by atoms with Gasteiger partial charge >= 0.3 is 5.97 Å². The van der Waals surface area contributed by atoms with Gasteiger partial charge in [0.15, 0.2) is 0 Å². The minimum atomic E-state index is -1.13. The fraction of sp³-hybridized carbons (Fsp3) is 0.846. The first-order valence-electron chi connectivity index (χ1n) is 6.57. The van der Waals surface area contributed by atoms with Crippen molar-refractivity contribution < 1.29 is 28.5 Å². The first-order chi connectivity index (χ1) is 9.03. The van der Waals surface area contributed by atoms with Crippen molar-refractivity contribution in [1.82, 2.24) is 0 Å². The second-order valence-corrected chi connectivity index (χ2v) is 5.58. The lowest BCUT2D eigenvalue weighted by Crippen LogP contribution is -2.60. The average Bonchev–Trinajstić information content (AvgIpc) is 2.70. The number of hydrogen-bond donors (Lipinski definition) is 0. The fourth-order valence-electron chi connectivity index (χ4n) is 3.56. The predicted molar refractivity (Wildman–Crippen MR) is 62.0 cm³/mol. The predicted octanol–water partition coefficient (Wildman–Crippen LogP) is 0.633. The molecule has 0 aromatic heterocycles. The summed E-state index contributed by atoms with van der Waals surface area (Å²) in [6.07, 6.45) is 2.33. The third-order valence-corrected chi connectivity index (χ3v) is 4.57. The van der Waals surface area contributed by atoms with Crippen LogP contribution in [0.25, 0.3) is 0 Å². The quantitative estimate of drug-likeness (QED) is 0.541. The second-order valence-electron chi connectivity index (χ2n) is 5.58. The van der Waals surface area contributed by atoms with Gasteiger partial charge in [0.1, 0.15) is 18.5 Å². The molecule has 1 saturated carbocycles. The van der Waals surface area contributed by atoms with Crippen molar-refractivity contribution in [2.45, 2.75) is 43.9 Å². The Balaban J connectivity index is 1.96. The van der Waals surface area contributed by atoms with Crippen LogP contribution in [0, 0.1) is 11.8 Å². The molecule has 6 heteroatoms. The average molecular weight is 270 g/mol. The largest absolute Gasteiger partial charge is 0.462 e. The number of cyclic esters (lactones) is 1. The van der Waals surface area contributed by atoms with Crippen LogP contribution in [0.15, 0.2) is 0 Å². The maximum absolute atomic E-state index is 11.5. The van der Waals surface area contributed by atoms with E-state index in [0.29, 0.717) is 12.8 Å². The summed E-state index contributed by atoms with van der Waals surface area (Å²) in [7, 11) is 1.51. The van der Waals surface area contributed by atoms with Crippen LogP contribution in [0.4, 0.5) is 0 Å². The molecule has 2 saturated heterocycles. The highest BCUT2D eigenvalue weighted by atomic mass is 16.9. The summed E-state index contributed by atoms with van der Waals surface area (Å²) in [5.74, 6) is -1.80. The zero-order valence-corrected chi connectivity index (χ0v) is 11.1. The first kappa shape index (κ1) is 13.0. The topological polar surface area (TPSA) is 71.1 Å². The van der Waals surface area contributed by atoms with E-state index in [1.807, 2.05) is 0 Å². The Morgan fingerprint density at radius 1 is 1.42 bits per heavy atom. The van der Waals surface area contributed by atoms with E-state index in [4.69, 9.17) is 18.9 Å². The standard InChI is InChI=1S/C13H18O6/c1-12(16-2)18-10-4-3-8(6-14)9-5-11(15)17-7-13(9,10)19-12/h6,8-10H,3-5,7H2,1-2H3. The van der Waals surface area contributed by atoms with Gasteiger partial charge in [-0.3, -0.25) is 4.79 Å². The second kappa shape index (κ2) is 4.26. The van der Waals surface area contributed by atoms with Gasteiger partial charge in [0, 0.05) is 25.9 Å². The van der Waals surface area contributed by atoms with E-state index in [-0.39, 0.29) is 36.9 Å². The van der Waals surface area contributed by atoms with Gasteiger partial charge < -0.3 is 23.7 Å². The van der Waals surface area contributed by atoms with E-state index in [9.17, 15) is 9.59 Å². The molecule has 5 atom stereocenters. The lowest BCUT2D eigenvalue weighted by atomic mass is 9.66. The number of esters is 1. The van der Waals surface area contributed by atoms with E-state index >= 15 is 0 Å².